The number of benzene rings is 3. The van der Waals surface area contributed by atoms with Gasteiger partial charge in [0.15, 0.2) is 23.0 Å². The normalized spacial score (nSPS) is 15.0. The predicted molar refractivity (Wildman–Crippen MR) is 155 cm³/mol. The van der Waals surface area contributed by atoms with Crippen LogP contribution in [0.2, 0.25) is 0 Å². The largest absolute Gasteiger partial charge is 0.497 e. The fraction of sp³-hybridized carbons (Fsp3) is 0.303. The zero-order valence-corrected chi connectivity index (χ0v) is 22.8. The molecule has 0 aliphatic carbocycles. The molecule has 0 bridgehead atoms. The number of carbonyl (C=O) groups is 1. The third-order valence-corrected chi connectivity index (χ3v) is 6.52. The van der Waals surface area contributed by atoms with Gasteiger partial charge in [-0.3, -0.25) is 4.79 Å². The van der Waals surface area contributed by atoms with E-state index >= 15 is 0 Å². The highest BCUT2D eigenvalue weighted by molar-refractivity contribution is 6.11. The van der Waals surface area contributed by atoms with Crippen molar-refractivity contribution in [3.63, 3.8) is 0 Å². The molecule has 1 aliphatic rings. The average molecular weight is 512 g/mol. The molecular formula is C33H37NO4. The first-order chi connectivity index (χ1) is 18.5. The molecule has 0 aromatic heterocycles. The van der Waals surface area contributed by atoms with Crippen molar-refractivity contribution >= 4 is 23.6 Å². The number of rotatable bonds is 10. The molecule has 3 aromatic rings. The average Bonchev–Trinajstić information content (AvgIpc) is 3.05. The number of nitrogens with zero attached hydrogens (tertiary/aromatic N) is 1. The molecule has 5 nitrogen and oxygen atoms in total. The van der Waals surface area contributed by atoms with Crippen molar-refractivity contribution < 1.29 is 19.0 Å². The fourth-order valence-electron chi connectivity index (χ4n) is 4.27. The number of hydrogen-bond acceptors (Lipinski definition) is 5. The Morgan fingerprint density at radius 2 is 1.32 bits per heavy atom. The number of carbonyl (C=O) groups excluding carboxylic acids is 1. The molecule has 38 heavy (non-hydrogen) atoms. The molecule has 1 heterocycles. The fourth-order valence-corrected chi connectivity index (χ4v) is 4.27. The number of hydrogen-bond donors (Lipinski definition) is 0. The van der Waals surface area contributed by atoms with E-state index in [1.807, 2.05) is 61.5 Å². The van der Waals surface area contributed by atoms with Gasteiger partial charge in [0.25, 0.3) is 5.78 Å². The summed E-state index contributed by atoms with van der Waals surface area (Å²) in [4.78, 5) is 16.1. The van der Waals surface area contributed by atoms with Gasteiger partial charge in [-0.25, -0.2) is 0 Å². The molecule has 0 saturated carbocycles. The number of Topliss-reactive ketones (excluding diaryl/α,β-unsaturated/α-hetero) is 1. The Bertz CT molecular complexity index is 1280. The third kappa shape index (κ3) is 6.86. The number of anilines is 1. The predicted octanol–water partition coefficient (Wildman–Crippen LogP) is 7.83. The smallest absolute Gasteiger partial charge is 0.263 e. The minimum absolute atomic E-state index is 0.200. The summed E-state index contributed by atoms with van der Waals surface area (Å²) in [7, 11) is 1.62. The maximum absolute atomic E-state index is 13.6. The molecule has 0 atom stereocenters. The van der Waals surface area contributed by atoms with E-state index in [1.165, 1.54) is 31.4 Å². The van der Waals surface area contributed by atoms with Crippen molar-refractivity contribution in [2.45, 2.75) is 46.5 Å². The Hall–Kier alpha value is -3.99. The van der Waals surface area contributed by atoms with Gasteiger partial charge < -0.3 is 19.1 Å². The molecule has 0 amide bonds. The molecule has 4 rings (SSSR count). The maximum atomic E-state index is 13.6. The summed E-state index contributed by atoms with van der Waals surface area (Å²) in [6.07, 6.45) is 8.19. The Morgan fingerprint density at radius 3 is 1.87 bits per heavy atom. The van der Waals surface area contributed by atoms with Crippen molar-refractivity contribution in [3.8, 4) is 17.2 Å². The standard InChI is InChI=1S/C33H37NO4/c1-5-7-19-34(20-8-6-2)27-14-10-25(11-15-27)22-32-33(35)31(23-26-12-16-28(36-4)17-13-26)37-29-18-9-24(3)21-30(29)38-32/h9-18,21-23H,5-8,19-20H2,1-4H3. The molecule has 5 heteroatoms. The van der Waals surface area contributed by atoms with Crippen LogP contribution in [-0.2, 0) is 4.79 Å². The Labute approximate surface area is 226 Å². The van der Waals surface area contributed by atoms with Gasteiger partial charge in [0.2, 0.25) is 0 Å². The van der Waals surface area contributed by atoms with E-state index in [9.17, 15) is 4.79 Å². The summed E-state index contributed by atoms with van der Waals surface area (Å²) in [6.45, 7) is 8.52. The third-order valence-electron chi connectivity index (χ3n) is 6.52. The van der Waals surface area contributed by atoms with Crippen LogP contribution in [-0.4, -0.2) is 26.0 Å². The van der Waals surface area contributed by atoms with Crippen molar-refractivity contribution in [3.05, 3.63) is 94.9 Å². The zero-order valence-electron chi connectivity index (χ0n) is 22.8. The summed E-state index contributed by atoms with van der Waals surface area (Å²) >= 11 is 0. The lowest BCUT2D eigenvalue weighted by molar-refractivity contribution is -0.115. The second-order valence-corrected chi connectivity index (χ2v) is 9.56. The molecule has 0 saturated heterocycles. The minimum Gasteiger partial charge on any atom is -0.497 e. The van der Waals surface area contributed by atoms with Crippen LogP contribution < -0.4 is 19.1 Å². The summed E-state index contributed by atoms with van der Waals surface area (Å²) < 4.78 is 17.5. The number of ether oxygens (including phenoxy) is 3. The summed E-state index contributed by atoms with van der Waals surface area (Å²) in [5.41, 5.74) is 3.94. The molecule has 0 radical (unpaired) electrons. The van der Waals surface area contributed by atoms with Crippen LogP contribution in [0.15, 0.2) is 78.2 Å². The monoisotopic (exact) mass is 511 g/mol. The van der Waals surface area contributed by atoms with Crippen LogP contribution in [0.5, 0.6) is 17.2 Å². The van der Waals surface area contributed by atoms with E-state index < -0.39 is 0 Å². The number of fused-ring (bicyclic) bond motifs is 1. The summed E-state index contributed by atoms with van der Waals surface area (Å²) in [5, 5.41) is 0. The number of methoxy groups -OCH3 is 1. The van der Waals surface area contributed by atoms with Gasteiger partial charge in [-0.05, 0) is 85.0 Å². The van der Waals surface area contributed by atoms with Gasteiger partial charge >= 0.3 is 0 Å². The van der Waals surface area contributed by atoms with E-state index in [4.69, 9.17) is 14.2 Å². The quantitative estimate of drug-likeness (QED) is 0.260. The van der Waals surface area contributed by atoms with Crippen LogP contribution in [0.1, 0.15) is 56.2 Å². The van der Waals surface area contributed by atoms with Gasteiger partial charge in [-0.2, -0.15) is 0 Å². The minimum atomic E-state index is -0.314. The van der Waals surface area contributed by atoms with Gasteiger partial charge in [-0.15, -0.1) is 0 Å². The highest BCUT2D eigenvalue weighted by Gasteiger charge is 2.26. The first kappa shape index (κ1) is 27.1. The summed E-state index contributed by atoms with van der Waals surface area (Å²) in [5.74, 6) is 1.87. The van der Waals surface area contributed by atoms with Crippen molar-refractivity contribution in [2.24, 2.45) is 0 Å². The highest BCUT2D eigenvalue weighted by Crippen LogP contribution is 2.36. The van der Waals surface area contributed by atoms with Crippen LogP contribution in [0.3, 0.4) is 0 Å². The first-order valence-corrected chi connectivity index (χ1v) is 13.4. The first-order valence-electron chi connectivity index (χ1n) is 13.4. The van der Waals surface area contributed by atoms with Crippen molar-refractivity contribution in [1.29, 1.82) is 0 Å². The molecule has 1 aliphatic heterocycles. The molecule has 198 valence electrons. The molecule has 0 N–H and O–H groups in total. The maximum Gasteiger partial charge on any atom is 0.263 e. The zero-order chi connectivity index (χ0) is 26.9. The van der Waals surface area contributed by atoms with E-state index in [0.717, 1.165) is 35.5 Å². The van der Waals surface area contributed by atoms with Gasteiger partial charge in [0.05, 0.1) is 7.11 Å². The number of unbranched alkanes of at least 4 members (excludes halogenated alkanes) is 2. The Morgan fingerprint density at radius 1 is 0.763 bits per heavy atom. The molecule has 0 unspecified atom stereocenters. The second kappa shape index (κ2) is 13.0. The van der Waals surface area contributed by atoms with Gasteiger partial charge in [0.1, 0.15) is 5.75 Å². The van der Waals surface area contributed by atoms with Crippen LogP contribution >= 0.6 is 0 Å². The number of ketones is 1. The van der Waals surface area contributed by atoms with E-state index in [1.54, 1.807) is 19.3 Å². The lowest BCUT2D eigenvalue weighted by atomic mass is 10.1. The van der Waals surface area contributed by atoms with Crippen molar-refractivity contribution in [1.82, 2.24) is 0 Å². The topological polar surface area (TPSA) is 48.0 Å². The summed E-state index contributed by atoms with van der Waals surface area (Å²) in [6, 6.07) is 21.5. The Kier molecular flexibility index (Phi) is 9.26. The number of aryl methyl sites for hydroxylation is 1. The van der Waals surface area contributed by atoms with Crippen LogP contribution in [0.4, 0.5) is 5.69 Å². The van der Waals surface area contributed by atoms with E-state index in [-0.39, 0.29) is 17.3 Å². The lowest BCUT2D eigenvalue weighted by Gasteiger charge is -2.24. The molecule has 0 fully saturated rings. The van der Waals surface area contributed by atoms with Gasteiger partial charge in [0, 0.05) is 18.8 Å². The SMILES string of the molecule is CCCCN(CCCC)c1ccc(C=C2Oc3cc(C)ccc3OC(=Cc3ccc(OC)cc3)C2=O)cc1. The second-order valence-electron chi connectivity index (χ2n) is 9.56. The highest BCUT2D eigenvalue weighted by atomic mass is 16.5. The molecule has 3 aromatic carbocycles. The van der Waals surface area contributed by atoms with Crippen LogP contribution in [0.25, 0.3) is 12.2 Å². The van der Waals surface area contributed by atoms with Crippen LogP contribution in [0, 0.1) is 6.92 Å². The van der Waals surface area contributed by atoms with Crippen molar-refractivity contribution in [2.75, 3.05) is 25.1 Å². The van der Waals surface area contributed by atoms with Gasteiger partial charge in [-0.1, -0.05) is 57.0 Å². The lowest BCUT2D eigenvalue weighted by Crippen LogP contribution is -2.25. The van der Waals surface area contributed by atoms with E-state index in [0.29, 0.717) is 11.5 Å². The molecule has 0 spiro atoms. The van der Waals surface area contributed by atoms with E-state index in [2.05, 4.69) is 30.9 Å². The molecular weight excluding hydrogens is 474 g/mol. The Balaban J connectivity index is 1.66.